The van der Waals surface area contributed by atoms with Crippen LogP contribution in [-0.4, -0.2) is 73.2 Å². The third kappa shape index (κ3) is 3.93. The molecule has 8 rings (SSSR count). The molecule has 0 aromatic heterocycles. The minimum absolute atomic E-state index is 0.0772. The highest BCUT2D eigenvalue weighted by atomic mass is 16.7. The summed E-state index contributed by atoms with van der Waals surface area (Å²) < 4.78 is 34.6. The van der Waals surface area contributed by atoms with Crippen LogP contribution < -0.4 is 9.47 Å². The number of hydrogen-bond acceptors (Lipinski definition) is 10. The zero-order valence-corrected chi connectivity index (χ0v) is 22.8. The number of ketones is 1. The number of amides is 1. The molecular weight excluding hydrogens is 546 g/mol. The van der Waals surface area contributed by atoms with Crippen LogP contribution in [0.25, 0.3) is 0 Å². The van der Waals surface area contributed by atoms with Crippen molar-refractivity contribution in [2.24, 2.45) is 0 Å². The minimum atomic E-state index is -1.33. The third-order valence-electron chi connectivity index (χ3n) is 9.51. The van der Waals surface area contributed by atoms with Crippen molar-refractivity contribution in [1.82, 2.24) is 4.90 Å². The van der Waals surface area contributed by atoms with Gasteiger partial charge in [-0.15, -0.1) is 0 Å². The number of ether oxygens (including phenoxy) is 6. The van der Waals surface area contributed by atoms with Crippen LogP contribution in [0.2, 0.25) is 0 Å². The Morgan fingerprint density at radius 2 is 1.57 bits per heavy atom. The number of benzene rings is 1. The lowest BCUT2D eigenvalue weighted by Gasteiger charge is -2.62. The normalized spacial score (nSPS) is 30.0. The van der Waals surface area contributed by atoms with E-state index in [4.69, 9.17) is 28.4 Å². The summed E-state index contributed by atoms with van der Waals surface area (Å²) in [6.07, 6.45) is 6.01. The second-order valence-corrected chi connectivity index (χ2v) is 12.0. The smallest absolute Gasteiger partial charge is 0.477 e. The molecule has 1 saturated heterocycles. The van der Waals surface area contributed by atoms with E-state index in [0.717, 1.165) is 41.5 Å². The van der Waals surface area contributed by atoms with Gasteiger partial charge in [0, 0.05) is 18.5 Å². The number of piperidine rings is 1. The summed E-state index contributed by atoms with van der Waals surface area (Å²) in [5.41, 5.74) is 2.16. The molecular formula is C31H29NO10. The molecule has 1 saturated carbocycles. The quantitative estimate of drug-likeness (QED) is 0.192. The number of nitrogens with zero attached hydrogens (tertiary/aromatic N) is 1. The topological polar surface area (TPSA) is 127 Å². The first-order valence-electron chi connectivity index (χ1n) is 14.4. The van der Waals surface area contributed by atoms with Crippen molar-refractivity contribution in [3.63, 3.8) is 0 Å². The SMILES string of the molecule is O=C(OCC1=CC1)Oc1ccc2c3c1OC1C(=O)CCC4(OC(=O)OCC5=CC5)C(C2)N(C(=O)OCC2=CC2)CCC314. The lowest BCUT2D eigenvalue weighted by Crippen LogP contribution is -2.78. The second kappa shape index (κ2) is 9.11. The Hall–Kier alpha value is -4.28. The highest BCUT2D eigenvalue weighted by Crippen LogP contribution is 2.66. The van der Waals surface area contributed by atoms with E-state index in [-0.39, 0.29) is 62.9 Å². The van der Waals surface area contributed by atoms with Crippen molar-refractivity contribution < 1.29 is 47.6 Å². The van der Waals surface area contributed by atoms with Crippen LogP contribution in [-0.2, 0) is 35.6 Å². The summed E-state index contributed by atoms with van der Waals surface area (Å²) in [5, 5.41) is 0. The van der Waals surface area contributed by atoms with E-state index in [0.29, 0.717) is 12.0 Å². The minimum Gasteiger partial charge on any atom is -0.477 e. The van der Waals surface area contributed by atoms with Crippen LogP contribution in [0.5, 0.6) is 11.5 Å². The molecule has 1 amide bonds. The molecule has 218 valence electrons. The van der Waals surface area contributed by atoms with E-state index < -0.39 is 41.6 Å². The van der Waals surface area contributed by atoms with Crippen molar-refractivity contribution >= 4 is 24.2 Å². The molecule has 2 aliphatic heterocycles. The molecule has 2 bridgehead atoms. The van der Waals surface area contributed by atoms with Gasteiger partial charge in [0.15, 0.2) is 29.0 Å². The summed E-state index contributed by atoms with van der Waals surface area (Å²) in [6.45, 7) is 0.776. The van der Waals surface area contributed by atoms with E-state index >= 15 is 0 Å². The average molecular weight is 576 g/mol. The molecule has 42 heavy (non-hydrogen) atoms. The molecule has 4 atom stereocenters. The molecule has 5 aliphatic carbocycles. The Morgan fingerprint density at radius 1 is 0.905 bits per heavy atom. The highest BCUT2D eigenvalue weighted by Gasteiger charge is 2.76. The van der Waals surface area contributed by atoms with Crippen LogP contribution in [0, 0.1) is 0 Å². The number of likely N-dealkylation sites (tertiary alicyclic amines) is 1. The zero-order valence-electron chi connectivity index (χ0n) is 22.8. The molecule has 4 unspecified atom stereocenters. The van der Waals surface area contributed by atoms with Crippen molar-refractivity contribution in [2.75, 3.05) is 26.4 Å². The van der Waals surface area contributed by atoms with Gasteiger partial charge in [-0.3, -0.25) is 4.79 Å². The molecule has 2 heterocycles. The van der Waals surface area contributed by atoms with Gasteiger partial charge in [0.05, 0.1) is 11.5 Å². The van der Waals surface area contributed by atoms with Crippen LogP contribution in [0.15, 0.2) is 47.1 Å². The maximum absolute atomic E-state index is 13.5. The number of Topliss-reactive ketones (excluding diaryl/α,β-unsaturated/α-hetero) is 1. The molecule has 2 fully saturated rings. The predicted octanol–water partition coefficient (Wildman–Crippen LogP) is 4.21. The van der Waals surface area contributed by atoms with Gasteiger partial charge < -0.3 is 33.3 Å². The summed E-state index contributed by atoms with van der Waals surface area (Å²) in [7, 11) is 0. The van der Waals surface area contributed by atoms with Crippen molar-refractivity contribution in [2.45, 2.75) is 68.1 Å². The van der Waals surface area contributed by atoms with Crippen LogP contribution in [0.4, 0.5) is 14.4 Å². The van der Waals surface area contributed by atoms with Crippen LogP contribution in [0.3, 0.4) is 0 Å². The number of carbonyl (C=O) groups excluding carboxylic acids is 4. The first kappa shape index (κ1) is 25.4. The standard InChI is InChI=1S/C31H29NO10/c33-21-9-10-31(42-29(36)39-16-19-5-6-19)23-13-20-7-8-22(40-28(35)38-15-18-3-4-18)25-24(20)30(31,26(21)41-25)11-12-32(23)27(34)37-14-17-1-2-17/h1,3,5,7-8,23,26H,2,4,6,9-16H2. The Morgan fingerprint density at radius 3 is 2.26 bits per heavy atom. The first-order chi connectivity index (χ1) is 20.4. The molecule has 11 heteroatoms. The van der Waals surface area contributed by atoms with E-state index in [1.165, 1.54) is 0 Å². The lowest BCUT2D eigenvalue weighted by molar-refractivity contribution is -0.191. The number of carbonyl (C=O) groups is 4. The monoisotopic (exact) mass is 575 g/mol. The zero-order chi connectivity index (χ0) is 28.6. The van der Waals surface area contributed by atoms with E-state index in [2.05, 4.69) is 0 Å². The first-order valence-corrected chi connectivity index (χ1v) is 14.4. The van der Waals surface area contributed by atoms with Crippen LogP contribution >= 0.6 is 0 Å². The van der Waals surface area contributed by atoms with Gasteiger partial charge in [-0.1, -0.05) is 24.3 Å². The molecule has 1 aromatic rings. The fourth-order valence-electron chi connectivity index (χ4n) is 7.20. The summed E-state index contributed by atoms with van der Waals surface area (Å²) in [5.74, 6) is 0.268. The van der Waals surface area contributed by atoms with Gasteiger partial charge in [0.2, 0.25) is 0 Å². The van der Waals surface area contributed by atoms with Crippen LogP contribution in [0.1, 0.15) is 49.7 Å². The predicted molar refractivity (Wildman–Crippen MR) is 142 cm³/mol. The van der Waals surface area contributed by atoms with Gasteiger partial charge >= 0.3 is 18.4 Å². The number of rotatable bonds is 8. The van der Waals surface area contributed by atoms with E-state index in [9.17, 15) is 19.2 Å². The summed E-state index contributed by atoms with van der Waals surface area (Å²) in [4.78, 5) is 54.4. The van der Waals surface area contributed by atoms with Crippen molar-refractivity contribution in [3.8, 4) is 11.5 Å². The van der Waals surface area contributed by atoms with E-state index in [1.807, 2.05) is 24.3 Å². The van der Waals surface area contributed by atoms with Gasteiger partial charge in [-0.2, -0.15) is 0 Å². The fraction of sp³-hybridized carbons (Fsp3) is 0.484. The maximum atomic E-state index is 13.5. The summed E-state index contributed by atoms with van der Waals surface area (Å²) in [6, 6.07) is 2.81. The van der Waals surface area contributed by atoms with E-state index in [1.54, 1.807) is 11.0 Å². The fourth-order valence-corrected chi connectivity index (χ4v) is 7.20. The molecule has 1 spiro atoms. The number of allylic oxidation sites excluding steroid dienone is 3. The summed E-state index contributed by atoms with van der Waals surface area (Å²) >= 11 is 0. The molecule has 7 aliphatic rings. The maximum Gasteiger partial charge on any atom is 0.514 e. The van der Waals surface area contributed by atoms with Gasteiger partial charge in [-0.05, 0) is 66.9 Å². The Balaban J connectivity index is 1.19. The third-order valence-corrected chi connectivity index (χ3v) is 9.51. The highest BCUT2D eigenvalue weighted by molar-refractivity contribution is 5.91. The Labute approximate surface area is 241 Å². The van der Waals surface area contributed by atoms with Crippen molar-refractivity contribution in [3.05, 3.63) is 58.2 Å². The van der Waals surface area contributed by atoms with Crippen molar-refractivity contribution in [1.29, 1.82) is 0 Å². The second-order valence-electron chi connectivity index (χ2n) is 12.0. The molecule has 0 N–H and O–H groups in total. The van der Waals surface area contributed by atoms with Gasteiger partial charge in [-0.25, -0.2) is 14.4 Å². The van der Waals surface area contributed by atoms with Gasteiger partial charge in [0.1, 0.15) is 19.8 Å². The Bertz CT molecular complexity index is 1540. The number of hydrogen-bond donors (Lipinski definition) is 0. The lowest BCUT2D eigenvalue weighted by atomic mass is 9.49. The molecule has 1 aromatic carbocycles. The molecule has 0 radical (unpaired) electrons. The molecule has 11 nitrogen and oxygen atoms in total. The average Bonchev–Trinajstić information content (AvgIpc) is 3.83. The van der Waals surface area contributed by atoms with Gasteiger partial charge in [0.25, 0.3) is 0 Å². The Kier molecular flexibility index (Phi) is 5.52. The largest absolute Gasteiger partial charge is 0.514 e.